The van der Waals surface area contributed by atoms with Gasteiger partial charge in [0.1, 0.15) is 17.3 Å². The molecular weight excluding hydrogens is 505 g/mol. The van der Waals surface area contributed by atoms with Crippen LogP contribution in [0.5, 0.6) is 0 Å². The van der Waals surface area contributed by atoms with Crippen molar-refractivity contribution in [2.75, 3.05) is 13.4 Å². The quantitative estimate of drug-likeness (QED) is 0.474. The number of esters is 2. The van der Waals surface area contributed by atoms with Crippen LogP contribution in [-0.4, -0.2) is 76.3 Å². The van der Waals surface area contributed by atoms with Crippen LogP contribution in [0.25, 0.3) is 0 Å². The van der Waals surface area contributed by atoms with Gasteiger partial charge in [0, 0.05) is 11.0 Å². The molecule has 1 saturated carbocycles. The van der Waals surface area contributed by atoms with E-state index in [-0.39, 0.29) is 18.6 Å². The highest BCUT2D eigenvalue weighted by atomic mass is 19.4. The lowest BCUT2D eigenvalue weighted by Crippen LogP contribution is -2.67. The first-order chi connectivity index (χ1) is 17.3. The van der Waals surface area contributed by atoms with Crippen LogP contribution >= 0.6 is 0 Å². The minimum Gasteiger partial charge on any atom is -0.456 e. The fourth-order valence-corrected chi connectivity index (χ4v) is 5.93. The second kappa shape index (κ2) is 8.17. The number of fused-ring (bicyclic) bond motifs is 3. The van der Waals surface area contributed by atoms with Gasteiger partial charge in [0.15, 0.2) is 19.0 Å². The molecule has 3 fully saturated rings. The second-order valence-electron chi connectivity index (χ2n) is 10.0. The third kappa shape index (κ3) is 3.32. The second-order valence-corrected chi connectivity index (χ2v) is 10.0. The molecule has 0 bridgehead atoms. The lowest BCUT2D eigenvalue weighted by Gasteiger charge is -2.50. The fraction of sp³-hybridized carbons (Fsp3) is 0.652. The van der Waals surface area contributed by atoms with Gasteiger partial charge in [-0.2, -0.15) is 13.2 Å². The van der Waals surface area contributed by atoms with Crippen LogP contribution in [0.2, 0.25) is 0 Å². The average Bonchev–Trinajstić information content (AvgIpc) is 3.62. The first kappa shape index (κ1) is 26.0. The molecule has 202 valence electrons. The van der Waals surface area contributed by atoms with Crippen molar-refractivity contribution in [3.05, 3.63) is 35.4 Å². The van der Waals surface area contributed by atoms with Crippen LogP contribution < -0.4 is 0 Å². The van der Waals surface area contributed by atoms with Crippen LogP contribution in [-0.2, 0) is 40.8 Å². The molecule has 0 radical (unpaired) electrons. The Hall–Kier alpha value is -2.65. The third-order valence-corrected chi connectivity index (χ3v) is 8.30. The van der Waals surface area contributed by atoms with Gasteiger partial charge >= 0.3 is 23.8 Å². The van der Waals surface area contributed by atoms with E-state index in [9.17, 15) is 38.1 Å². The van der Waals surface area contributed by atoms with E-state index in [1.54, 1.807) is 0 Å². The predicted octanol–water partition coefficient (Wildman–Crippen LogP) is 1.08. The van der Waals surface area contributed by atoms with Crippen molar-refractivity contribution in [1.29, 1.82) is 0 Å². The lowest BCUT2D eigenvalue weighted by molar-refractivity contribution is -0.284. The molecule has 0 spiro atoms. The first-order valence-corrected chi connectivity index (χ1v) is 11.5. The van der Waals surface area contributed by atoms with E-state index >= 15 is 0 Å². The standard InChI is InChI=1S/C23H25F3N2O9/c1-11-17(31)37-16-15(30)19(2)7-14(18(32)35-10-36-20(19,9-29)21(11,16)33)34-8-12-3-5-13(6-4-12)22(27-28-22)23(24,25)26/h3-6,11,14-16,29-30,33H,7-10H2,1-2H3/t11-,14-,15+,16?,19-,20?,21-/m1/s1. The van der Waals surface area contributed by atoms with Gasteiger partial charge in [-0.3, -0.25) is 4.79 Å². The van der Waals surface area contributed by atoms with E-state index in [1.807, 2.05) is 0 Å². The largest absolute Gasteiger partial charge is 0.456 e. The normalized spacial score (nSPS) is 40.3. The minimum atomic E-state index is -4.67. The zero-order chi connectivity index (χ0) is 27.0. The van der Waals surface area contributed by atoms with Crippen LogP contribution in [0.1, 0.15) is 31.4 Å². The number of benzene rings is 1. The van der Waals surface area contributed by atoms with Crippen molar-refractivity contribution < 1.29 is 57.0 Å². The maximum Gasteiger partial charge on any atom is 0.442 e. The number of ether oxygens (including phenoxy) is 4. The number of rotatable bonds is 5. The Balaban J connectivity index is 1.38. The van der Waals surface area contributed by atoms with Crippen molar-refractivity contribution in [2.24, 2.45) is 21.6 Å². The summed E-state index contributed by atoms with van der Waals surface area (Å²) in [6.45, 7) is 1.10. The summed E-state index contributed by atoms with van der Waals surface area (Å²) < 4.78 is 61.5. The zero-order valence-electron chi connectivity index (χ0n) is 19.8. The highest BCUT2D eigenvalue weighted by Gasteiger charge is 2.82. The van der Waals surface area contributed by atoms with E-state index in [4.69, 9.17) is 18.9 Å². The number of alkyl halides is 3. The summed E-state index contributed by atoms with van der Waals surface area (Å²) in [7, 11) is 0. The zero-order valence-corrected chi connectivity index (χ0v) is 19.8. The van der Waals surface area contributed by atoms with Gasteiger partial charge in [-0.05, 0) is 18.9 Å². The Morgan fingerprint density at radius 1 is 1.16 bits per heavy atom. The van der Waals surface area contributed by atoms with Gasteiger partial charge in [0.05, 0.1) is 19.1 Å². The third-order valence-electron chi connectivity index (χ3n) is 8.30. The number of hydrogen-bond donors (Lipinski definition) is 3. The number of carbonyl (C=O) groups excluding carboxylic acids is 2. The Bertz CT molecular complexity index is 1140. The first-order valence-electron chi connectivity index (χ1n) is 11.5. The molecule has 3 aliphatic heterocycles. The Morgan fingerprint density at radius 2 is 1.81 bits per heavy atom. The van der Waals surface area contributed by atoms with Gasteiger partial charge in [0.2, 0.25) is 0 Å². The predicted molar refractivity (Wildman–Crippen MR) is 112 cm³/mol. The summed E-state index contributed by atoms with van der Waals surface area (Å²) in [6, 6.07) is 5.17. The van der Waals surface area contributed by atoms with Gasteiger partial charge in [0.25, 0.3) is 0 Å². The molecule has 1 aromatic rings. The molecule has 0 aromatic heterocycles. The number of halogens is 3. The van der Waals surface area contributed by atoms with E-state index < -0.39 is 78.0 Å². The van der Waals surface area contributed by atoms with Crippen LogP contribution in [0, 0.1) is 11.3 Å². The van der Waals surface area contributed by atoms with Crippen LogP contribution in [0.15, 0.2) is 34.5 Å². The molecule has 11 nitrogen and oxygen atoms in total. The van der Waals surface area contributed by atoms with Crippen molar-refractivity contribution in [2.45, 2.75) is 68.2 Å². The highest BCUT2D eigenvalue weighted by molar-refractivity contribution is 5.78. The molecule has 7 atom stereocenters. The monoisotopic (exact) mass is 530 g/mol. The van der Waals surface area contributed by atoms with Crippen molar-refractivity contribution in [3.63, 3.8) is 0 Å². The van der Waals surface area contributed by atoms with Crippen molar-refractivity contribution >= 4 is 11.9 Å². The Labute approximate surface area is 208 Å². The molecule has 3 heterocycles. The highest BCUT2D eigenvalue weighted by Crippen LogP contribution is 2.62. The van der Waals surface area contributed by atoms with E-state index in [0.29, 0.717) is 5.56 Å². The van der Waals surface area contributed by atoms with E-state index in [0.717, 1.165) is 0 Å². The number of cyclic esters (lactones) is 1. The van der Waals surface area contributed by atoms with Gasteiger partial charge in [-0.25, -0.2) is 4.79 Å². The maximum atomic E-state index is 13.2. The van der Waals surface area contributed by atoms with E-state index in [2.05, 4.69) is 10.2 Å². The number of hydrogen-bond acceptors (Lipinski definition) is 11. The van der Waals surface area contributed by atoms with Crippen LogP contribution in [0.4, 0.5) is 13.2 Å². The summed E-state index contributed by atoms with van der Waals surface area (Å²) in [5.74, 6) is -2.80. The maximum absolute atomic E-state index is 13.2. The molecule has 3 N–H and O–H groups in total. The number of aliphatic hydroxyl groups excluding tert-OH is 2. The summed E-state index contributed by atoms with van der Waals surface area (Å²) in [4.78, 5) is 24.9. The van der Waals surface area contributed by atoms with Gasteiger partial charge in [-0.15, -0.1) is 10.2 Å². The summed E-state index contributed by atoms with van der Waals surface area (Å²) in [5, 5.41) is 39.6. The number of nitrogens with zero attached hydrogens (tertiary/aromatic N) is 2. The molecule has 4 aliphatic rings. The smallest absolute Gasteiger partial charge is 0.442 e. The lowest BCUT2D eigenvalue weighted by atomic mass is 9.64. The summed E-state index contributed by atoms with van der Waals surface area (Å²) in [6.07, 6.45) is -9.27. The van der Waals surface area contributed by atoms with E-state index in [1.165, 1.54) is 38.1 Å². The molecule has 14 heteroatoms. The Morgan fingerprint density at radius 3 is 2.38 bits per heavy atom. The average molecular weight is 530 g/mol. The molecule has 1 aliphatic carbocycles. The summed E-state index contributed by atoms with van der Waals surface area (Å²) >= 11 is 0. The Kier molecular flexibility index (Phi) is 5.74. The summed E-state index contributed by atoms with van der Waals surface area (Å²) in [5.41, 5.74) is -7.93. The molecule has 0 amide bonds. The number of aliphatic hydroxyl groups is 3. The fourth-order valence-electron chi connectivity index (χ4n) is 5.93. The molecule has 37 heavy (non-hydrogen) atoms. The van der Waals surface area contributed by atoms with Crippen LogP contribution in [0.3, 0.4) is 0 Å². The van der Waals surface area contributed by atoms with Gasteiger partial charge in [-0.1, -0.05) is 31.2 Å². The topological polar surface area (TPSA) is 156 Å². The molecule has 2 saturated heterocycles. The molecule has 2 unspecified atom stereocenters. The molecule has 1 aromatic carbocycles. The number of carbonyl (C=O) groups is 2. The van der Waals surface area contributed by atoms with Gasteiger partial charge < -0.3 is 34.3 Å². The molecular formula is C23H25F3N2O9. The van der Waals surface area contributed by atoms with Crippen molar-refractivity contribution in [3.8, 4) is 0 Å². The van der Waals surface area contributed by atoms with Crippen molar-refractivity contribution in [1.82, 2.24) is 0 Å². The molecule has 5 rings (SSSR count). The minimum absolute atomic E-state index is 0.163. The SMILES string of the molecule is C[C@@H]1C(=O)OC2[C@H](O)[C@@]3(C)C[C@@H](OCc4ccc(C5(C(F)(F)F)N=N5)cc4)C(=O)OCOC3(CO)[C@]21O.